The van der Waals surface area contributed by atoms with Crippen molar-refractivity contribution in [3.63, 3.8) is 0 Å². The van der Waals surface area contributed by atoms with Gasteiger partial charge in [0.1, 0.15) is 0 Å². The Labute approximate surface area is 37.5 Å². The van der Waals surface area contributed by atoms with Crippen LogP contribution in [0.15, 0.2) is 0 Å². The van der Waals surface area contributed by atoms with Crippen molar-refractivity contribution in [2.45, 2.75) is 0 Å². The Hall–Kier alpha value is 0.280. The second kappa shape index (κ2) is 1.82. The predicted octanol–water partition coefficient (Wildman–Crippen LogP) is -1.94. The molecule has 0 rings (SSSR count). The van der Waals surface area contributed by atoms with Crippen LogP contribution in [-0.2, 0) is 4.57 Å². The van der Waals surface area contributed by atoms with Crippen molar-refractivity contribution in [2.24, 2.45) is 0 Å². The highest BCUT2D eigenvalue weighted by molar-refractivity contribution is 7.88. The van der Waals surface area contributed by atoms with Gasteiger partial charge in [-0.25, -0.2) is 0 Å². The first-order valence-corrected chi connectivity index (χ1v) is 3.40. The molecule has 0 spiro atoms. The highest BCUT2D eigenvalue weighted by atomic mass is 31.2. The predicted molar refractivity (Wildman–Crippen MR) is 27.7 cm³/mol. The molecule has 0 aromatic carbocycles. The SMILES string of the molecule is BBP(=O)(O)O. The Balaban J connectivity index is 3.48. The Morgan fingerprint density at radius 3 is 1.83 bits per heavy atom. The lowest BCUT2D eigenvalue weighted by Crippen LogP contribution is -1.88. The van der Waals surface area contributed by atoms with Gasteiger partial charge in [0.25, 0.3) is 7.47 Å². The molecule has 0 heterocycles. The summed E-state index contributed by atoms with van der Waals surface area (Å²) in [5, 5.41) is 0. The average molecular weight is 106 g/mol. The lowest BCUT2D eigenvalue weighted by molar-refractivity contribution is 0.394. The minimum absolute atomic E-state index is 0.0625. The molecule has 0 unspecified atom stereocenters. The van der Waals surface area contributed by atoms with E-state index in [4.69, 9.17) is 9.79 Å². The Bertz CT molecular complexity index is 72.9. The van der Waals surface area contributed by atoms with Gasteiger partial charge in [-0.15, -0.1) is 0 Å². The van der Waals surface area contributed by atoms with Crippen molar-refractivity contribution in [2.75, 3.05) is 0 Å². The third-order valence-corrected chi connectivity index (χ3v) is 1.24. The summed E-state index contributed by atoms with van der Waals surface area (Å²) in [6.45, 7) is -0.0625. The van der Waals surface area contributed by atoms with E-state index in [9.17, 15) is 4.57 Å². The molecule has 3 nitrogen and oxygen atoms in total. The molecule has 0 aliphatic heterocycles. The van der Waals surface area contributed by atoms with Crippen molar-refractivity contribution in [1.82, 2.24) is 0 Å². The lowest BCUT2D eigenvalue weighted by atomic mass is 9.79. The van der Waals surface area contributed by atoms with Crippen LogP contribution in [0.5, 0.6) is 0 Å². The van der Waals surface area contributed by atoms with Crippen LogP contribution in [-0.4, -0.2) is 24.4 Å². The minimum Gasteiger partial charge on any atom is -0.333 e. The summed E-state index contributed by atoms with van der Waals surface area (Å²) in [4.78, 5) is 15.9. The van der Waals surface area contributed by atoms with E-state index in [1.54, 1.807) is 0 Å². The Morgan fingerprint density at radius 1 is 1.67 bits per heavy atom. The monoisotopic (exact) mass is 106 g/mol. The number of hydrogen-bond donors (Lipinski definition) is 2. The van der Waals surface area contributed by atoms with Crippen molar-refractivity contribution in [3.05, 3.63) is 0 Å². The van der Waals surface area contributed by atoms with Gasteiger partial charge in [0.05, 0.1) is 7.74 Å². The fourth-order valence-electron chi connectivity index (χ4n) is 0. The van der Waals surface area contributed by atoms with Crippen LogP contribution in [0.4, 0.5) is 0 Å². The van der Waals surface area contributed by atoms with E-state index in [0.717, 1.165) is 0 Å². The molecule has 2 N–H and O–H groups in total. The van der Waals surface area contributed by atoms with E-state index < -0.39 is 7.47 Å². The van der Waals surface area contributed by atoms with E-state index in [1.165, 1.54) is 7.74 Å². The van der Waals surface area contributed by atoms with E-state index >= 15 is 0 Å². The highest BCUT2D eigenvalue weighted by Gasteiger charge is 2.06. The molecule has 0 aliphatic rings. The average Bonchev–Trinajstić information content (AvgIpc) is 1.35. The van der Waals surface area contributed by atoms with Crippen LogP contribution in [0.2, 0.25) is 0 Å². The maximum atomic E-state index is 9.69. The van der Waals surface area contributed by atoms with Crippen LogP contribution in [0.25, 0.3) is 0 Å². The summed E-state index contributed by atoms with van der Waals surface area (Å²) in [5.74, 6) is 0. The molecule has 0 radical (unpaired) electrons. The van der Waals surface area contributed by atoms with E-state index in [1.807, 2.05) is 0 Å². The zero-order chi connectivity index (χ0) is 5.21. The van der Waals surface area contributed by atoms with Crippen LogP contribution in [0, 0.1) is 0 Å². The maximum Gasteiger partial charge on any atom is 0.261 e. The van der Waals surface area contributed by atoms with Gasteiger partial charge in [-0.2, -0.15) is 0 Å². The first-order chi connectivity index (χ1) is 2.56. The molecule has 0 saturated heterocycles. The quantitative estimate of drug-likeness (QED) is 0.302. The maximum absolute atomic E-state index is 9.69. The fourth-order valence-corrected chi connectivity index (χ4v) is 0. The zero-order valence-electron chi connectivity index (χ0n) is 3.46. The molecule has 0 saturated carbocycles. The first kappa shape index (κ1) is 6.28. The van der Waals surface area contributed by atoms with Gasteiger partial charge in [-0.05, 0) is 0 Å². The number of hydrogen-bond acceptors (Lipinski definition) is 1. The van der Waals surface area contributed by atoms with Gasteiger partial charge in [-0.3, -0.25) is 4.57 Å². The van der Waals surface area contributed by atoms with Gasteiger partial charge in [0.2, 0.25) is 6.89 Å². The van der Waals surface area contributed by atoms with Gasteiger partial charge in [-0.1, -0.05) is 0 Å². The lowest BCUT2D eigenvalue weighted by Gasteiger charge is -1.91. The summed E-state index contributed by atoms with van der Waals surface area (Å²) < 4.78 is 9.69. The smallest absolute Gasteiger partial charge is 0.261 e. The standard InChI is InChI=1S/B2H5O3P/c1-2-6(3,4)5/h2H,1H2,(H2,3,4,5). The first-order valence-electron chi connectivity index (χ1n) is 1.61. The van der Waals surface area contributed by atoms with Gasteiger partial charge in [0.15, 0.2) is 0 Å². The summed E-state index contributed by atoms with van der Waals surface area (Å²) >= 11 is 0. The van der Waals surface area contributed by atoms with Crippen LogP contribution < -0.4 is 0 Å². The van der Waals surface area contributed by atoms with Gasteiger partial charge < -0.3 is 9.79 Å². The molecule has 0 fully saturated rings. The topological polar surface area (TPSA) is 57.5 Å². The number of rotatable bonds is 1. The third kappa shape index (κ3) is 4.28. The molecule has 0 aromatic heterocycles. The van der Waals surface area contributed by atoms with Crippen LogP contribution in [0.3, 0.4) is 0 Å². The molecular formula is H5B2O3P. The summed E-state index contributed by atoms with van der Waals surface area (Å²) in [7, 11) is -2.20. The van der Waals surface area contributed by atoms with Crippen LogP contribution >= 0.6 is 7.47 Å². The molecule has 6 heteroatoms. The molecule has 0 aliphatic carbocycles. The normalized spacial score (nSPS) is 11.0. The third-order valence-electron chi connectivity index (χ3n) is 0.412. The molecule has 34 valence electrons. The fraction of sp³-hybridized carbons (Fsp3) is 0. The van der Waals surface area contributed by atoms with E-state index in [0.29, 0.717) is 0 Å². The summed E-state index contributed by atoms with van der Waals surface area (Å²) in [6.07, 6.45) is 0. The largest absolute Gasteiger partial charge is 0.333 e. The van der Waals surface area contributed by atoms with Crippen LogP contribution in [0.1, 0.15) is 0 Å². The second-order valence-corrected chi connectivity index (χ2v) is 2.94. The van der Waals surface area contributed by atoms with Crippen molar-refractivity contribution in [1.29, 1.82) is 0 Å². The highest BCUT2D eigenvalue weighted by Crippen LogP contribution is 2.29. The molecular weight excluding hydrogens is 101 g/mol. The van der Waals surface area contributed by atoms with Crippen molar-refractivity contribution < 1.29 is 14.4 Å². The molecule has 0 aromatic rings. The van der Waals surface area contributed by atoms with Crippen molar-refractivity contribution in [3.8, 4) is 0 Å². The van der Waals surface area contributed by atoms with Gasteiger partial charge >= 0.3 is 0 Å². The Morgan fingerprint density at radius 2 is 1.83 bits per heavy atom. The molecule has 0 atom stereocenters. The van der Waals surface area contributed by atoms with E-state index in [2.05, 4.69) is 0 Å². The zero-order valence-corrected chi connectivity index (χ0v) is 4.35. The van der Waals surface area contributed by atoms with Crippen molar-refractivity contribution >= 4 is 22.1 Å². The Kier molecular flexibility index (Phi) is 1.91. The molecule has 0 amide bonds. The summed E-state index contributed by atoms with van der Waals surface area (Å²) in [6, 6.07) is 0. The van der Waals surface area contributed by atoms with E-state index in [-0.39, 0.29) is 6.89 Å². The molecule has 0 bridgehead atoms. The minimum atomic E-state index is -3.65. The molecule has 6 heavy (non-hydrogen) atoms. The second-order valence-electron chi connectivity index (χ2n) is 0.981. The van der Waals surface area contributed by atoms with Gasteiger partial charge in [0, 0.05) is 0 Å². The summed E-state index contributed by atoms with van der Waals surface area (Å²) in [5.41, 5.74) is 0.